The molecule has 0 unspecified atom stereocenters. The first-order valence-electron chi connectivity index (χ1n) is 8.20. The lowest BCUT2D eigenvalue weighted by molar-refractivity contribution is -0.125. The highest BCUT2D eigenvalue weighted by atomic mass is 16.5. The molecule has 0 radical (unpaired) electrons. The molecule has 26 heavy (non-hydrogen) atoms. The number of rotatable bonds is 4. The molecule has 4 rings (SSSR count). The van der Waals surface area contributed by atoms with Crippen LogP contribution in [0.4, 0.5) is 5.69 Å². The summed E-state index contributed by atoms with van der Waals surface area (Å²) in [6.07, 6.45) is -0.568. The van der Waals surface area contributed by atoms with Crippen molar-refractivity contribution in [1.82, 2.24) is 10.1 Å². The molecule has 1 aliphatic rings. The van der Waals surface area contributed by atoms with E-state index in [0.717, 1.165) is 5.56 Å². The first-order chi connectivity index (χ1) is 12.7. The van der Waals surface area contributed by atoms with Gasteiger partial charge in [0.25, 0.3) is 5.91 Å². The molecule has 1 aliphatic heterocycles. The molecule has 1 aromatic heterocycles. The molecule has 0 saturated heterocycles. The molecule has 0 bridgehead atoms. The van der Waals surface area contributed by atoms with Crippen molar-refractivity contribution < 1.29 is 18.8 Å². The summed E-state index contributed by atoms with van der Waals surface area (Å²) in [7, 11) is 1.59. The average Bonchev–Trinajstić information content (AvgIpc) is 3.14. The van der Waals surface area contributed by atoms with Gasteiger partial charge in [0.2, 0.25) is 11.7 Å². The van der Waals surface area contributed by atoms with Gasteiger partial charge in [0.15, 0.2) is 6.10 Å². The van der Waals surface area contributed by atoms with E-state index in [4.69, 9.17) is 14.0 Å². The summed E-state index contributed by atoms with van der Waals surface area (Å²) in [6, 6.07) is 14.8. The number of amides is 1. The predicted molar refractivity (Wildman–Crippen MR) is 94.0 cm³/mol. The summed E-state index contributed by atoms with van der Waals surface area (Å²) in [4.78, 5) is 18.6. The lowest BCUT2D eigenvalue weighted by Gasteiger charge is -2.31. The summed E-state index contributed by atoms with van der Waals surface area (Å²) in [5.41, 5.74) is 1.42. The van der Waals surface area contributed by atoms with Gasteiger partial charge in [-0.1, -0.05) is 29.4 Å². The van der Waals surface area contributed by atoms with E-state index in [1.54, 1.807) is 18.9 Å². The molecule has 0 N–H and O–H groups in total. The Balaban J connectivity index is 1.64. The Morgan fingerprint density at radius 2 is 1.92 bits per heavy atom. The molecule has 7 heteroatoms. The van der Waals surface area contributed by atoms with Crippen LogP contribution in [0.3, 0.4) is 0 Å². The van der Waals surface area contributed by atoms with Crippen LogP contribution in [0.1, 0.15) is 12.8 Å². The van der Waals surface area contributed by atoms with E-state index in [9.17, 15) is 4.79 Å². The van der Waals surface area contributed by atoms with Crippen molar-refractivity contribution in [3.63, 3.8) is 0 Å². The lowest BCUT2D eigenvalue weighted by Crippen LogP contribution is -2.44. The van der Waals surface area contributed by atoms with Crippen LogP contribution in [0.2, 0.25) is 0 Å². The Hall–Kier alpha value is -3.35. The van der Waals surface area contributed by atoms with Crippen LogP contribution >= 0.6 is 0 Å². The van der Waals surface area contributed by atoms with Crippen molar-refractivity contribution in [3.05, 3.63) is 54.4 Å². The Bertz CT molecular complexity index is 953. The van der Waals surface area contributed by atoms with Gasteiger partial charge in [-0.2, -0.15) is 4.98 Å². The van der Waals surface area contributed by atoms with E-state index in [1.807, 2.05) is 48.5 Å². The van der Waals surface area contributed by atoms with Crippen molar-refractivity contribution in [2.45, 2.75) is 19.6 Å². The summed E-state index contributed by atoms with van der Waals surface area (Å²) in [5.74, 6) is 1.91. The number of nitrogens with zero attached hydrogens (tertiary/aromatic N) is 3. The molecule has 2 aromatic carbocycles. The summed E-state index contributed by atoms with van der Waals surface area (Å²) in [5, 5.41) is 4.03. The van der Waals surface area contributed by atoms with Gasteiger partial charge in [-0.05, 0) is 31.2 Å². The zero-order chi connectivity index (χ0) is 18.1. The standard InChI is InChI=1S/C19H17N3O4/c1-12-19(23)22(14-8-4-6-10-16(14)25-12)11-17-20-18(21-26-17)13-7-3-5-9-15(13)24-2/h3-10,12H,11H2,1-2H3/t12-/m0/s1. The molecule has 3 aromatic rings. The van der Waals surface area contributed by atoms with E-state index in [2.05, 4.69) is 10.1 Å². The quantitative estimate of drug-likeness (QED) is 0.719. The van der Waals surface area contributed by atoms with Crippen molar-refractivity contribution in [3.8, 4) is 22.9 Å². The second-order valence-corrected chi connectivity index (χ2v) is 5.86. The van der Waals surface area contributed by atoms with Gasteiger partial charge in [0.05, 0.1) is 18.4 Å². The smallest absolute Gasteiger partial charge is 0.268 e. The molecule has 0 saturated carbocycles. The number of aromatic nitrogens is 2. The van der Waals surface area contributed by atoms with Crippen molar-refractivity contribution in [2.75, 3.05) is 12.0 Å². The minimum atomic E-state index is -0.568. The summed E-state index contributed by atoms with van der Waals surface area (Å²) in [6.45, 7) is 1.89. The van der Waals surface area contributed by atoms with Crippen LogP contribution in [0, 0.1) is 0 Å². The average molecular weight is 351 g/mol. The predicted octanol–water partition coefficient (Wildman–Crippen LogP) is 3.06. The maximum atomic E-state index is 12.6. The third-order valence-corrected chi connectivity index (χ3v) is 4.18. The molecule has 0 fully saturated rings. The third kappa shape index (κ3) is 2.77. The number of methoxy groups -OCH3 is 1. The van der Waals surface area contributed by atoms with E-state index in [1.165, 1.54) is 0 Å². The van der Waals surface area contributed by atoms with E-state index in [-0.39, 0.29) is 12.5 Å². The van der Waals surface area contributed by atoms with Gasteiger partial charge in [0, 0.05) is 0 Å². The highest BCUT2D eigenvalue weighted by molar-refractivity contribution is 5.99. The van der Waals surface area contributed by atoms with Gasteiger partial charge >= 0.3 is 0 Å². The maximum absolute atomic E-state index is 12.6. The molecular weight excluding hydrogens is 334 g/mol. The minimum absolute atomic E-state index is 0.152. The zero-order valence-corrected chi connectivity index (χ0v) is 14.4. The largest absolute Gasteiger partial charge is 0.496 e. The molecule has 0 spiro atoms. The van der Waals surface area contributed by atoms with Gasteiger partial charge in [-0.15, -0.1) is 0 Å². The fourth-order valence-electron chi connectivity index (χ4n) is 2.92. The van der Waals surface area contributed by atoms with Crippen LogP contribution in [-0.2, 0) is 11.3 Å². The number of para-hydroxylation sites is 3. The SMILES string of the molecule is COc1ccccc1-c1noc(CN2C(=O)[C@H](C)Oc3ccccc32)n1. The summed E-state index contributed by atoms with van der Waals surface area (Å²) >= 11 is 0. The highest BCUT2D eigenvalue weighted by Crippen LogP contribution is 2.35. The second-order valence-electron chi connectivity index (χ2n) is 5.86. The number of carbonyl (C=O) groups is 1. The minimum Gasteiger partial charge on any atom is -0.496 e. The summed E-state index contributed by atoms with van der Waals surface area (Å²) < 4.78 is 16.3. The zero-order valence-electron chi connectivity index (χ0n) is 14.4. The number of carbonyl (C=O) groups excluding carboxylic acids is 1. The number of ether oxygens (including phenoxy) is 2. The Labute approximate surface area is 150 Å². The molecule has 1 amide bonds. The van der Waals surface area contributed by atoms with Crippen molar-refractivity contribution >= 4 is 11.6 Å². The fraction of sp³-hybridized carbons (Fsp3) is 0.211. The van der Waals surface area contributed by atoms with Crippen molar-refractivity contribution in [1.29, 1.82) is 0 Å². The van der Waals surface area contributed by atoms with Gasteiger partial charge < -0.3 is 14.0 Å². The molecule has 132 valence electrons. The van der Waals surface area contributed by atoms with E-state index >= 15 is 0 Å². The lowest BCUT2D eigenvalue weighted by atomic mass is 10.2. The van der Waals surface area contributed by atoms with Crippen molar-refractivity contribution in [2.24, 2.45) is 0 Å². The molecule has 2 heterocycles. The van der Waals surface area contributed by atoms with Crippen LogP contribution in [0.25, 0.3) is 11.4 Å². The monoisotopic (exact) mass is 351 g/mol. The third-order valence-electron chi connectivity index (χ3n) is 4.18. The van der Waals surface area contributed by atoms with Gasteiger partial charge in [-0.3, -0.25) is 9.69 Å². The molecule has 7 nitrogen and oxygen atoms in total. The number of anilines is 1. The van der Waals surface area contributed by atoms with Crippen LogP contribution in [0.15, 0.2) is 53.1 Å². The molecule has 1 atom stereocenters. The first kappa shape index (κ1) is 16.1. The van der Waals surface area contributed by atoms with E-state index < -0.39 is 6.10 Å². The Kier molecular flexibility index (Phi) is 4.04. The first-order valence-corrected chi connectivity index (χ1v) is 8.20. The van der Waals surface area contributed by atoms with Crippen LogP contribution in [0.5, 0.6) is 11.5 Å². The molecular formula is C19H17N3O4. The van der Waals surface area contributed by atoms with Crippen LogP contribution in [-0.4, -0.2) is 29.3 Å². The fourth-order valence-corrected chi connectivity index (χ4v) is 2.92. The Morgan fingerprint density at radius 3 is 2.77 bits per heavy atom. The highest BCUT2D eigenvalue weighted by Gasteiger charge is 2.32. The van der Waals surface area contributed by atoms with Crippen LogP contribution < -0.4 is 14.4 Å². The Morgan fingerprint density at radius 1 is 1.15 bits per heavy atom. The number of fused-ring (bicyclic) bond motifs is 1. The van der Waals surface area contributed by atoms with Gasteiger partial charge in [0.1, 0.15) is 18.0 Å². The number of hydrogen-bond acceptors (Lipinski definition) is 6. The van der Waals surface area contributed by atoms with E-state index in [0.29, 0.717) is 28.9 Å². The molecule has 0 aliphatic carbocycles. The van der Waals surface area contributed by atoms with Gasteiger partial charge in [-0.25, -0.2) is 0 Å². The second kappa shape index (κ2) is 6.51. The number of hydrogen-bond donors (Lipinski definition) is 0. The topological polar surface area (TPSA) is 77.7 Å². The maximum Gasteiger partial charge on any atom is 0.268 e. The normalized spacial score (nSPS) is 16.2. The number of benzene rings is 2.